The molecule has 0 aliphatic heterocycles. The van der Waals surface area contributed by atoms with E-state index in [2.05, 4.69) is 4.98 Å². The molecule has 0 saturated carbocycles. The average Bonchev–Trinajstić information content (AvgIpc) is 2.30. The molecule has 1 aromatic rings. The van der Waals surface area contributed by atoms with Crippen molar-refractivity contribution in [2.75, 3.05) is 13.1 Å². The van der Waals surface area contributed by atoms with Crippen molar-refractivity contribution < 1.29 is 4.79 Å². The Morgan fingerprint density at radius 2 is 2.44 bits per heavy atom. The third kappa shape index (κ3) is 2.94. The van der Waals surface area contributed by atoms with E-state index in [-0.39, 0.29) is 5.91 Å². The Hall–Kier alpha value is -1.60. The Morgan fingerprint density at radius 1 is 1.69 bits per heavy atom. The third-order valence-corrected chi connectivity index (χ3v) is 2.49. The summed E-state index contributed by atoms with van der Waals surface area (Å²) in [6.07, 6.45) is 3.29. The van der Waals surface area contributed by atoms with Gasteiger partial charge >= 0.3 is 0 Å². The van der Waals surface area contributed by atoms with E-state index in [1.54, 1.807) is 11.0 Å². The second-order valence-corrected chi connectivity index (χ2v) is 3.56. The number of nitriles is 1. The zero-order valence-electron chi connectivity index (χ0n) is 8.98. The van der Waals surface area contributed by atoms with Crippen molar-refractivity contribution in [3.8, 4) is 6.07 Å². The maximum absolute atomic E-state index is 12.0. The Labute approximate surface area is 99.5 Å². The van der Waals surface area contributed by atoms with E-state index in [0.717, 1.165) is 0 Å². The lowest BCUT2D eigenvalue weighted by Crippen LogP contribution is -2.31. The highest BCUT2D eigenvalue weighted by molar-refractivity contribution is 6.33. The van der Waals surface area contributed by atoms with Gasteiger partial charge in [0.1, 0.15) is 0 Å². The van der Waals surface area contributed by atoms with Crippen molar-refractivity contribution in [1.82, 2.24) is 9.88 Å². The molecule has 5 heteroatoms. The maximum atomic E-state index is 12.0. The van der Waals surface area contributed by atoms with E-state index < -0.39 is 0 Å². The fourth-order valence-electron chi connectivity index (χ4n) is 1.29. The van der Waals surface area contributed by atoms with Gasteiger partial charge in [0.05, 0.1) is 23.1 Å². The van der Waals surface area contributed by atoms with E-state index in [9.17, 15) is 4.79 Å². The largest absolute Gasteiger partial charge is 0.338 e. The molecular weight excluding hydrogens is 226 g/mol. The predicted molar refractivity (Wildman–Crippen MR) is 61.1 cm³/mol. The first-order chi connectivity index (χ1) is 7.70. The number of hydrogen-bond donors (Lipinski definition) is 0. The van der Waals surface area contributed by atoms with Crippen molar-refractivity contribution in [3.63, 3.8) is 0 Å². The van der Waals surface area contributed by atoms with Crippen LogP contribution in [0.1, 0.15) is 23.7 Å². The smallest absolute Gasteiger partial charge is 0.256 e. The third-order valence-electron chi connectivity index (χ3n) is 2.16. The second-order valence-electron chi connectivity index (χ2n) is 3.15. The molecule has 0 atom stereocenters. The Balaban J connectivity index is 2.84. The zero-order chi connectivity index (χ0) is 12.0. The highest BCUT2D eigenvalue weighted by atomic mass is 35.5. The number of carbonyl (C=O) groups excluding carboxylic acids is 1. The van der Waals surface area contributed by atoms with Crippen molar-refractivity contribution in [2.45, 2.75) is 13.3 Å². The van der Waals surface area contributed by atoms with E-state index in [1.165, 1.54) is 12.4 Å². The molecule has 0 fully saturated rings. The fourth-order valence-corrected chi connectivity index (χ4v) is 1.48. The lowest BCUT2D eigenvalue weighted by molar-refractivity contribution is 0.0767. The molecule has 0 N–H and O–H groups in total. The molecule has 0 aromatic carbocycles. The standard InChI is InChI=1S/C11H12ClN3O/c1-2-15(7-3-5-13)11(16)9-8-14-6-4-10(9)12/h4,6,8H,2-3,7H2,1H3. The van der Waals surface area contributed by atoms with Crippen molar-refractivity contribution in [1.29, 1.82) is 5.26 Å². The van der Waals surface area contributed by atoms with Gasteiger partial charge in [0.15, 0.2) is 0 Å². The summed E-state index contributed by atoms with van der Waals surface area (Å²) >= 11 is 5.90. The highest BCUT2D eigenvalue weighted by Crippen LogP contribution is 2.15. The number of carbonyl (C=O) groups is 1. The topological polar surface area (TPSA) is 57.0 Å². The molecular formula is C11H12ClN3O. The number of halogens is 1. The lowest BCUT2D eigenvalue weighted by Gasteiger charge is -2.19. The van der Waals surface area contributed by atoms with Crippen LogP contribution in [0.25, 0.3) is 0 Å². The summed E-state index contributed by atoms with van der Waals surface area (Å²) in [5, 5.41) is 8.88. The fraction of sp³-hybridized carbons (Fsp3) is 0.364. The first-order valence-corrected chi connectivity index (χ1v) is 5.34. The van der Waals surface area contributed by atoms with Crippen LogP contribution in [0.3, 0.4) is 0 Å². The van der Waals surface area contributed by atoms with Gasteiger partial charge in [-0.3, -0.25) is 9.78 Å². The van der Waals surface area contributed by atoms with Gasteiger partial charge in [-0.15, -0.1) is 0 Å². The molecule has 1 rings (SSSR count). The summed E-state index contributed by atoms with van der Waals surface area (Å²) in [6, 6.07) is 3.59. The van der Waals surface area contributed by atoms with Gasteiger partial charge in [0, 0.05) is 25.5 Å². The van der Waals surface area contributed by atoms with Crippen LogP contribution in [0.5, 0.6) is 0 Å². The molecule has 0 bridgehead atoms. The minimum absolute atomic E-state index is 0.184. The maximum Gasteiger partial charge on any atom is 0.256 e. The molecule has 0 radical (unpaired) electrons. The van der Waals surface area contributed by atoms with Crippen LogP contribution in [0.15, 0.2) is 18.5 Å². The van der Waals surface area contributed by atoms with Gasteiger partial charge in [-0.05, 0) is 13.0 Å². The lowest BCUT2D eigenvalue weighted by atomic mass is 10.2. The molecule has 0 saturated heterocycles. The zero-order valence-corrected chi connectivity index (χ0v) is 9.74. The van der Waals surface area contributed by atoms with E-state index in [4.69, 9.17) is 16.9 Å². The average molecular weight is 238 g/mol. The molecule has 1 heterocycles. The van der Waals surface area contributed by atoms with Crippen molar-refractivity contribution >= 4 is 17.5 Å². The van der Waals surface area contributed by atoms with Crippen LogP contribution < -0.4 is 0 Å². The van der Waals surface area contributed by atoms with Crippen LogP contribution >= 0.6 is 11.6 Å². The van der Waals surface area contributed by atoms with Crippen LogP contribution in [0.4, 0.5) is 0 Å². The Morgan fingerprint density at radius 3 is 3.00 bits per heavy atom. The number of amides is 1. The first-order valence-electron chi connectivity index (χ1n) is 4.96. The minimum atomic E-state index is -0.184. The molecule has 16 heavy (non-hydrogen) atoms. The van der Waals surface area contributed by atoms with Crippen LogP contribution in [0, 0.1) is 11.3 Å². The Bertz CT molecular complexity index is 414. The summed E-state index contributed by atoms with van der Waals surface area (Å²) in [7, 11) is 0. The summed E-state index contributed by atoms with van der Waals surface area (Å²) in [5.74, 6) is -0.184. The van der Waals surface area contributed by atoms with Crippen LogP contribution in [-0.4, -0.2) is 28.9 Å². The molecule has 0 aliphatic rings. The summed E-state index contributed by atoms with van der Waals surface area (Å²) in [6.45, 7) is 2.82. The second kappa shape index (κ2) is 6.09. The number of aromatic nitrogens is 1. The van der Waals surface area contributed by atoms with Crippen LogP contribution in [-0.2, 0) is 0 Å². The molecule has 1 aromatic heterocycles. The number of nitrogens with zero attached hydrogens (tertiary/aromatic N) is 3. The van der Waals surface area contributed by atoms with Gasteiger partial charge in [0.25, 0.3) is 5.91 Å². The Kier molecular flexibility index (Phi) is 4.74. The first kappa shape index (κ1) is 12.5. The summed E-state index contributed by atoms with van der Waals surface area (Å²) in [5.41, 5.74) is 0.379. The van der Waals surface area contributed by atoms with Gasteiger partial charge in [-0.2, -0.15) is 5.26 Å². The number of hydrogen-bond acceptors (Lipinski definition) is 3. The normalized spacial score (nSPS) is 9.56. The van der Waals surface area contributed by atoms with Gasteiger partial charge in [-0.1, -0.05) is 11.6 Å². The van der Waals surface area contributed by atoms with Gasteiger partial charge in [0.2, 0.25) is 0 Å². The molecule has 1 amide bonds. The quantitative estimate of drug-likeness (QED) is 0.806. The molecule has 0 aliphatic carbocycles. The SMILES string of the molecule is CCN(CCC#N)C(=O)c1cnccc1Cl. The number of rotatable bonds is 4. The minimum Gasteiger partial charge on any atom is -0.338 e. The number of pyridine rings is 1. The monoisotopic (exact) mass is 237 g/mol. The molecule has 0 spiro atoms. The highest BCUT2D eigenvalue weighted by Gasteiger charge is 2.16. The van der Waals surface area contributed by atoms with Crippen LogP contribution in [0.2, 0.25) is 5.02 Å². The molecule has 84 valence electrons. The van der Waals surface area contributed by atoms with Crippen molar-refractivity contribution in [3.05, 3.63) is 29.0 Å². The van der Waals surface area contributed by atoms with Crippen molar-refractivity contribution in [2.24, 2.45) is 0 Å². The van der Waals surface area contributed by atoms with E-state index in [1.807, 2.05) is 13.0 Å². The summed E-state index contributed by atoms with van der Waals surface area (Å²) in [4.78, 5) is 17.4. The van der Waals surface area contributed by atoms with E-state index >= 15 is 0 Å². The van der Waals surface area contributed by atoms with Gasteiger partial charge in [-0.25, -0.2) is 0 Å². The van der Waals surface area contributed by atoms with E-state index in [0.29, 0.717) is 30.1 Å². The summed E-state index contributed by atoms with van der Waals surface area (Å²) < 4.78 is 0. The molecule has 0 unspecified atom stereocenters. The predicted octanol–water partition coefficient (Wildman–Crippen LogP) is 2.11. The van der Waals surface area contributed by atoms with Gasteiger partial charge < -0.3 is 4.90 Å². The molecule has 4 nitrogen and oxygen atoms in total.